The highest BCUT2D eigenvalue weighted by Crippen LogP contribution is 2.21. The molecule has 2 aromatic carbocycles. The number of methoxy groups -OCH3 is 1. The van der Waals surface area contributed by atoms with Gasteiger partial charge in [0, 0.05) is 23.4 Å². The molecule has 5 heteroatoms. The van der Waals surface area contributed by atoms with Crippen LogP contribution < -0.4 is 10.4 Å². The third-order valence-corrected chi connectivity index (χ3v) is 4.48. The van der Waals surface area contributed by atoms with Crippen LogP contribution in [0.15, 0.2) is 57.7 Å². The van der Waals surface area contributed by atoms with Crippen LogP contribution in [0.4, 0.5) is 0 Å². The topological polar surface area (TPSA) is 65.7 Å². The Bertz CT molecular complexity index is 1000. The summed E-state index contributed by atoms with van der Waals surface area (Å²) in [6, 6.07) is 14.7. The molecule has 0 fully saturated rings. The Balaban J connectivity index is 1.67. The van der Waals surface area contributed by atoms with Gasteiger partial charge in [-0.25, -0.2) is 4.79 Å². The largest absolute Gasteiger partial charge is 0.496 e. The maximum atomic E-state index is 12.1. The Morgan fingerprint density at radius 3 is 2.67 bits per heavy atom. The molecule has 27 heavy (non-hydrogen) atoms. The molecule has 0 saturated heterocycles. The van der Waals surface area contributed by atoms with E-state index in [1.165, 1.54) is 6.07 Å². The molecule has 0 radical (unpaired) electrons. The molecule has 0 aliphatic heterocycles. The fourth-order valence-corrected chi connectivity index (χ4v) is 2.99. The smallest absolute Gasteiger partial charge is 0.336 e. The first kappa shape index (κ1) is 18.7. The van der Waals surface area contributed by atoms with Gasteiger partial charge in [-0.3, -0.25) is 4.79 Å². The summed E-state index contributed by atoms with van der Waals surface area (Å²) in [6.45, 7) is 2.07. The number of benzene rings is 2. The zero-order valence-corrected chi connectivity index (χ0v) is 15.5. The van der Waals surface area contributed by atoms with Crippen LogP contribution in [-0.4, -0.2) is 13.1 Å². The molecular formula is C22H22O5. The van der Waals surface area contributed by atoms with E-state index in [1.807, 2.05) is 49.4 Å². The first-order valence-corrected chi connectivity index (χ1v) is 8.94. The van der Waals surface area contributed by atoms with Crippen LogP contribution in [-0.2, 0) is 29.0 Å². The van der Waals surface area contributed by atoms with Crippen LogP contribution >= 0.6 is 0 Å². The van der Waals surface area contributed by atoms with Crippen LogP contribution in [0.3, 0.4) is 0 Å². The number of aryl methyl sites for hydroxylation is 2. The van der Waals surface area contributed by atoms with E-state index in [9.17, 15) is 9.59 Å². The van der Waals surface area contributed by atoms with Crippen molar-refractivity contribution in [3.63, 3.8) is 0 Å². The van der Waals surface area contributed by atoms with Gasteiger partial charge in [0.2, 0.25) is 0 Å². The van der Waals surface area contributed by atoms with Crippen LogP contribution in [0.1, 0.15) is 30.0 Å². The number of hydrogen-bond acceptors (Lipinski definition) is 5. The van der Waals surface area contributed by atoms with Gasteiger partial charge in [-0.1, -0.05) is 37.3 Å². The summed E-state index contributed by atoms with van der Waals surface area (Å²) in [5.74, 6) is 0.427. The summed E-state index contributed by atoms with van der Waals surface area (Å²) in [5, 5.41) is 0.782. The maximum absolute atomic E-state index is 12.1. The number of esters is 1. The molecule has 3 rings (SSSR count). The van der Waals surface area contributed by atoms with Crippen LogP contribution in [0.25, 0.3) is 11.0 Å². The van der Waals surface area contributed by atoms with Crippen molar-refractivity contribution in [1.82, 2.24) is 0 Å². The number of ether oxygens (including phenoxy) is 2. The van der Waals surface area contributed by atoms with Crippen molar-refractivity contribution in [1.29, 1.82) is 0 Å². The molecule has 1 heterocycles. The van der Waals surface area contributed by atoms with Crippen molar-refractivity contribution in [3.05, 3.63) is 75.6 Å². The van der Waals surface area contributed by atoms with Gasteiger partial charge >= 0.3 is 11.6 Å². The number of rotatable bonds is 7. The average Bonchev–Trinajstić information content (AvgIpc) is 2.69. The zero-order chi connectivity index (χ0) is 19.2. The quantitative estimate of drug-likeness (QED) is 0.466. The van der Waals surface area contributed by atoms with E-state index in [0.29, 0.717) is 17.6 Å². The fraction of sp³-hybridized carbons (Fsp3) is 0.273. The molecule has 0 unspecified atom stereocenters. The summed E-state index contributed by atoms with van der Waals surface area (Å²) in [4.78, 5) is 24.0. The Kier molecular flexibility index (Phi) is 5.91. The van der Waals surface area contributed by atoms with Crippen molar-refractivity contribution < 1.29 is 18.7 Å². The van der Waals surface area contributed by atoms with E-state index >= 15 is 0 Å². The SMILES string of the molecule is CCc1ccc2c(COC(=O)CCc3ccccc3OC)cc(=O)oc2c1. The van der Waals surface area contributed by atoms with E-state index in [2.05, 4.69) is 0 Å². The molecule has 0 bridgehead atoms. The van der Waals surface area contributed by atoms with Gasteiger partial charge in [0.15, 0.2) is 0 Å². The molecule has 0 aliphatic rings. The van der Waals surface area contributed by atoms with E-state index < -0.39 is 5.63 Å². The van der Waals surface area contributed by atoms with Gasteiger partial charge in [0.25, 0.3) is 0 Å². The lowest BCUT2D eigenvalue weighted by Gasteiger charge is -2.09. The maximum Gasteiger partial charge on any atom is 0.336 e. The molecule has 0 amide bonds. The minimum absolute atomic E-state index is 0.0400. The fourth-order valence-electron chi connectivity index (χ4n) is 2.99. The van der Waals surface area contributed by atoms with Crippen molar-refractivity contribution in [2.75, 3.05) is 7.11 Å². The Morgan fingerprint density at radius 2 is 1.89 bits per heavy atom. The highest BCUT2D eigenvalue weighted by molar-refractivity contribution is 5.81. The zero-order valence-electron chi connectivity index (χ0n) is 15.5. The predicted octanol–water partition coefficient (Wildman–Crippen LogP) is 4.04. The van der Waals surface area contributed by atoms with Crippen LogP contribution in [0.5, 0.6) is 5.75 Å². The number of carbonyl (C=O) groups excluding carboxylic acids is 1. The molecule has 0 aliphatic carbocycles. The van der Waals surface area contributed by atoms with E-state index in [0.717, 1.165) is 28.7 Å². The lowest BCUT2D eigenvalue weighted by Crippen LogP contribution is -2.08. The predicted molar refractivity (Wildman–Crippen MR) is 103 cm³/mol. The van der Waals surface area contributed by atoms with Gasteiger partial charge in [-0.05, 0) is 36.1 Å². The summed E-state index contributed by atoms with van der Waals surface area (Å²) >= 11 is 0. The van der Waals surface area contributed by atoms with Gasteiger partial charge in [0.05, 0.1) is 7.11 Å². The monoisotopic (exact) mass is 366 g/mol. The third kappa shape index (κ3) is 4.56. The number of hydrogen-bond donors (Lipinski definition) is 0. The molecule has 0 spiro atoms. The Hall–Kier alpha value is -3.08. The molecular weight excluding hydrogens is 344 g/mol. The number of carbonyl (C=O) groups is 1. The van der Waals surface area contributed by atoms with Crippen molar-refractivity contribution in [2.24, 2.45) is 0 Å². The lowest BCUT2D eigenvalue weighted by atomic mass is 10.1. The lowest BCUT2D eigenvalue weighted by molar-refractivity contribution is -0.144. The van der Waals surface area contributed by atoms with Gasteiger partial charge in [-0.2, -0.15) is 0 Å². The van der Waals surface area contributed by atoms with E-state index in [-0.39, 0.29) is 19.0 Å². The summed E-state index contributed by atoms with van der Waals surface area (Å²) in [7, 11) is 1.60. The number of fused-ring (bicyclic) bond motifs is 1. The van der Waals surface area contributed by atoms with Crippen LogP contribution in [0.2, 0.25) is 0 Å². The molecule has 1 aromatic heterocycles. The summed E-state index contributed by atoms with van der Waals surface area (Å²) < 4.78 is 15.9. The van der Waals surface area contributed by atoms with Crippen molar-refractivity contribution in [2.45, 2.75) is 32.8 Å². The first-order valence-electron chi connectivity index (χ1n) is 8.94. The van der Waals surface area contributed by atoms with Gasteiger partial charge < -0.3 is 13.9 Å². The normalized spacial score (nSPS) is 10.7. The van der Waals surface area contributed by atoms with Crippen LogP contribution in [0, 0.1) is 0 Å². The van der Waals surface area contributed by atoms with Crippen molar-refractivity contribution in [3.8, 4) is 5.75 Å². The molecule has 0 atom stereocenters. The second-order valence-corrected chi connectivity index (χ2v) is 6.25. The molecule has 140 valence electrons. The van der Waals surface area contributed by atoms with Crippen molar-refractivity contribution >= 4 is 16.9 Å². The highest BCUT2D eigenvalue weighted by Gasteiger charge is 2.11. The standard InChI is InChI=1S/C22H22O5/c1-3-15-8-10-18-17(13-22(24)27-20(18)12-15)14-26-21(23)11-9-16-6-4-5-7-19(16)25-2/h4-8,10,12-13H,3,9,11,14H2,1-2H3. The number of para-hydroxylation sites is 1. The average molecular weight is 366 g/mol. The first-order chi connectivity index (χ1) is 13.1. The highest BCUT2D eigenvalue weighted by atomic mass is 16.5. The molecule has 0 N–H and O–H groups in total. The van der Waals surface area contributed by atoms with Gasteiger partial charge in [-0.15, -0.1) is 0 Å². The van der Waals surface area contributed by atoms with E-state index in [4.69, 9.17) is 13.9 Å². The second-order valence-electron chi connectivity index (χ2n) is 6.25. The van der Waals surface area contributed by atoms with E-state index in [1.54, 1.807) is 7.11 Å². The molecule has 3 aromatic rings. The Morgan fingerprint density at radius 1 is 1.07 bits per heavy atom. The Labute approximate surface area is 157 Å². The van der Waals surface area contributed by atoms with Gasteiger partial charge in [0.1, 0.15) is 17.9 Å². The second kappa shape index (κ2) is 8.54. The summed E-state index contributed by atoms with van der Waals surface area (Å²) in [5.41, 5.74) is 2.75. The summed E-state index contributed by atoms with van der Waals surface area (Å²) in [6.07, 6.45) is 1.61. The molecule has 5 nitrogen and oxygen atoms in total. The molecule has 0 saturated carbocycles. The third-order valence-electron chi connectivity index (χ3n) is 4.48. The minimum Gasteiger partial charge on any atom is -0.496 e. The minimum atomic E-state index is -0.448.